The van der Waals surface area contributed by atoms with Crippen molar-refractivity contribution in [3.8, 4) is 0 Å². The van der Waals surface area contributed by atoms with Crippen molar-refractivity contribution in [3.63, 3.8) is 0 Å². The zero-order chi connectivity index (χ0) is 25.5. The fraction of sp³-hybridized carbons (Fsp3) is 0.391. The molecule has 0 fully saturated rings. The summed E-state index contributed by atoms with van der Waals surface area (Å²) >= 11 is 2.86. The molecular weight excluding hydrogens is 530 g/mol. The Morgan fingerprint density at radius 1 is 1.15 bits per heavy atom. The highest BCUT2D eigenvalue weighted by Crippen LogP contribution is 2.50. The van der Waals surface area contributed by atoms with Crippen LogP contribution >= 0.6 is 15.9 Å². The third kappa shape index (κ3) is 4.94. The van der Waals surface area contributed by atoms with Crippen LogP contribution in [0.5, 0.6) is 0 Å². The highest BCUT2D eigenvalue weighted by atomic mass is 79.9. The highest BCUT2D eigenvalue weighted by molar-refractivity contribution is 9.10. The van der Waals surface area contributed by atoms with E-state index in [1.54, 1.807) is 29.2 Å². The lowest BCUT2D eigenvalue weighted by atomic mass is 9.85. The predicted molar refractivity (Wildman–Crippen MR) is 117 cm³/mol. The average molecular weight is 551 g/mol. The normalized spacial score (nSPS) is 19.4. The first-order valence-electron chi connectivity index (χ1n) is 10.3. The third-order valence-corrected chi connectivity index (χ3v) is 6.27. The fourth-order valence-corrected chi connectivity index (χ4v) is 4.44. The molecule has 4 nitrogen and oxygen atoms in total. The van der Waals surface area contributed by atoms with E-state index >= 15 is 0 Å². The van der Waals surface area contributed by atoms with Crippen LogP contribution < -0.4 is 0 Å². The molecule has 1 aliphatic rings. The zero-order valence-electron chi connectivity index (χ0n) is 18.4. The molecule has 1 aliphatic heterocycles. The molecule has 0 radical (unpaired) electrons. The van der Waals surface area contributed by atoms with E-state index in [-0.39, 0.29) is 22.1 Å². The van der Waals surface area contributed by atoms with Crippen molar-refractivity contribution < 1.29 is 36.0 Å². The van der Waals surface area contributed by atoms with Gasteiger partial charge in [-0.2, -0.15) is 26.3 Å². The summed E-state index contributed by atoms with van der Waals surface area (Å²) in [7, 11) is 0. The number of oxime groups is 1. The molecule has 184 valence electrons. The van der Waals surface area contributed by atoms with E-state index < -0.39 is 35.5 Å². The van der Waals surface area contributed by atoms with Gasteiger partial charge in [-0.3, -0.25) is 4.79 Å². The Labute approximate surface area is 200 Å². The molecule has 2 aromatic carbocycles. The topological polar surface area (TPSA) is 41.9 Å². The van der Waals surface area contributed by atoms with Crippen LogP contribution in [-0.2, 0) is 21.4 Å². The van der Waals surface area contributed by atoms with Gasteiger partial charge >= 0.3 is 12.4 Å². The molecular formula is C23H21BrF6N2O2. The van der Waals surface area contributed by atoms with Gasteiger partial charge in [-0.25, -0.2) is 0 Å². The van der Waals surface area contributed by atoms with Crippen LogP contribution in [0, 0.1) is 0 Å². The summed E-state index contributed by atoms with van der Waals surface area (Å²) in [5.74, 6) is -0.116. The molecule has 2 atom stereocenters. The van der Waals surface area contributed by atoms with Gasteiger partial charge in [0.1, 0.15) is 0 Å². The molecule has 1 heterocycles. The molecule has 0 spiro atoms. The Morgan fingerprint density at radius 3 is 2.26 bits per heavy atom. The first-order valence-corrected chi connectivity index (χ1v) is 11.1. The van der Waals surface area contributed by atoms with E-state index in [9.17, 15) is 31.1 Å². The van der Waals surface area contributed by atoms with E-state index in [4.69, 9.17) is 4.84 Å². The maximum atomic E-state index is 14.2. The number of nitrogens with zero attached hydrogens (tertiary/aromatic N) is 2. The quantitative estimate of drug-likeness (QED) is 0.377. The van der Waals surface area contributed by atoms with Crippen LogP contribution in [0.25, 0.3) is 0 Å². The Kier molecular flexibility index (Phi) is 7.08. The van der Waals surface area contributed by atoms with Gasteiger partial charge in [0.15, 0.2) is 0 Å². The number of hydrogen-bond donors (Lipinski definition) is 0. The standard InChI is InChI=1S/C23H21BrF6N2O2/c1-4-32(14(3)33)13(2)15-5-7-16(8-6-15)20-12-21(34-31-20,23(28,29)30)17-9-18(22(25,26)27)11-19(24)10-17/h5-11,13H,4,12H2,1-3H3. The molecule has 0 aromatic heterocycles. The number of amides is 1. The van der Waals surface area contributed by atoms with Crippen molar-refractivity contribution in [2.75, 3.05) is 6.54 Å². The number of carbonyl (C=O) groups excluding carboxylic acids is 1. The molecule has 0 aliphatic carbocycles. The molecule has 11 heteroatoms. The van der Waals surface area contributed by atoms with Gasteiger partial charge in [0.25, 0.3) is 5.60 Å². The van der Waals surface area contributed by atoms with E-state index in [1.165, 1.54) is 6.92 Å². The summed E-state index contributed by atoms with van der Waals surface area (Å²) in [6, 6.07) is 8.27. The summed E-state index contributed by atoms with van der Waals surface area (Å²) in [6.07, 6.45) is -10.7. The summed E-state index contributed by atoms with van der Waals surface area (Å²) < 4.78 is 82.1. The van der Waals surface area contributed by atoms with Crippen molar-refractivity contribution in [2.45, 2.75) is 51.2 Å². The largest absolute Gasteiger partial charge is 0.435 e. The van der Waals surface area contributed by atoms with E-state index in [0.29, 0.717) is 24.2 Å². The molecule has 0 N–H and O–H groups in total. The molecule has 2 unspecified atom stereocenters. The van der Waals surface area contributed by atoms with E-state index in [1.807, 2.05) is 13.8 Å². The first kappa shape index (κ1) is 26.1. The maximum absolute atomic E-state index is 14.2. The van der Waals surface area contributed by atoms with Gasteiger partial charge in [0.05, 0.1) is 17.3 Å². The third-order valence-electron chi connectivity index (χ3n) is 5.82. The summed E-state index contributed by atoms with van der Waals surface area (Å²) in [5.41, 5.74) is -3.95. The van der Waals surface area contributed by atoms with Crippen molar-refractivity contribution in [2.24, 2.45) is 5.16 Å². The SMILES string of the molecule is CCN(C(C)=O)C(C)c1ccc(C2=NOC(c3cc(Br)cc(C(F)(F)F)c3)(C(F)(F)F)C2)cc1. The van der Waals surface area contributed by atoms with Crippen LogP contribution in [0.15, 0.2) is 52.1 Å². The molecule has 0 saturated heterocycles. The van der Waals surface area contributed by atoms with Crippen molar-refractivity contribution in [1.29, 1.82) is 0 Å². The van der Waals surface area contributed by atoms with Crippen molar-refractivity contribution in [3.05, 3.63) is 69.2 Å². The number of carbonyl (C=O) groups is 1. The Bertz CT molecular complexity index is 1100. The van der Waals surface area contributed by atoms with Crippen LogP contribution in [0.3, 0.4) is 0 Å². The maximum Gasteiger partial charge on any atom is 0.435 e. The first-order chi connectivity index (χ1) is 15.7. The summed E-state index contributed by atoms with van der Waals surface area (Å²) in [6.45, 7) is 5.59. The highest BCUT2D eigenvalue weighted by Gasteiger charge is 2.62. The Hall–Kier alpha value is -2.56. The van der Waals surface area contributed by atoms with Gasteiger partial charge in [-0.05, 0) is 43.2 Å². The van der Waals surface area contributed by atoms with E-state index in [0.717, 1.165) is 11.6 Å². The second kappa shape index (κ2) is 9.24. The molecule has 2 aromatic rings. The van der Waals surface area contributed by atoms with Gasteiger partial charge in [0.2, 0.25) is 5.91 Å². The van der Waals surface area contributed by atoms with Crippen LogP contribution in [0.2, 0.25) is 0 Å². The average Bonchev–Trinajstić information content (AvgIpc) is 3.20. The summed E-state index contributed by atoms with van der Waals surface area (Å²) in [4.78, 5) is 18.3. The molecule has 0 saturated carbocycles. The van der Waals surface area contributed by atoms with Crippen LogP contribution in [0.1, 0.15) is 55.5 Å². The van der Waals surface area contributed by atoms with Gasteiger partial charge in [0, 0.05) is 29.9 Å². The lowest BCUT2D eigenvalue weighted by molar-refractivity contribution is -0.276. The fourth-order valence-electron chi connectivity index (χ4n) is 3.95. The predicted octanol–water partition coefficient (Wildman–Crippen LogP) is 6.98. The lowest BCUT2D eigenvalue weighted by Gasteiger charge is -2.30. The van der Waals surface area contributed by atoms with E-state index in [2.05, 4.69) is 21.1 Å². The number of benzene rings is 2. The minimum Gasteiger partial charge on any atom is -0.374 e. The number of rotatable bonds is 5. The zero-order valence-corrected chi connectivity index (χ0v) is 20.0. The molecule has 3 rings (SSSR count). The van der Waals surface area contributed by atoms with Crippen LogP contribution in [-0.4, -0.2) is 29.2 Å². The monoisotopic (exact) mass is 550 g/mol. The van der Waals surface area contributed by atoms with Gasteiger partial charge in [-0.15, -0.1) is 0 Å². The minimum atomic E-state index is -5.04. The second-order valence-electron chi connectivity index (χ2n) is 7.96. The second-order valence-corrected chi connectivity index (χ2v) is 8.88. The summed E-state index contributed by atoms with van der Waals surface area (Å²) in [5, 5.41) is 3.61. The lowest BCUT2D eigenvalue weighted by Crippen LogP contribution is -2.43. The van der Waals surface area contributed by atoms with Crippen molar-refractivity contribution >= 4 is 27.5 Å². The number of alkyl halides is 6. The number of hydrogen-bond acceptors (Lipinski definition) is 3. The van der Waals surface area contributed by atoms with Gasteiger partial charge in [-0.1, -0.05) is 45.4 Å². The molecule has 34 heavy (non-hydrogen) atoms. The minimum absolute atomic E-state index is 0.0519. The Morgan fingerprint density at radius 2 is 1.76 bits per heavy atom. The van der Waals surface area contributed by atoms with Crippen LogP contribution in [0.4, 0.5) is 26.3 Å². The molecule has 1 amide bonds. The van der Waals surface area contributed by atoms with Crippen molar-refractivity contribution in [1.82, 2.24) is 4.90 Å². The smallest absolute Gasteiger partial charge is 0.374 e. The van der Waals surface area contributed by atoms with Gasteiger partial charge < -0.3 is 9.74 Å². The number of halogens is 7. The molecule has 0 bridgehead atoms. The Balaban J connectivity index is 1.94.